The first-order chi connectivity index (χ1) is 5.65. The van der Waals surface area contributed by atoms with Gasteiger partial charge in [0.15, 0.2) is 0 Å². The third-order valence-corrected chi connectivity index (χ3v) is 1.68. The van der Waals surface area contributed by atoms with Crippen molar-refractivity contribution in [3.05, 3.63) is 17.7 Å². The van der Waals surface area contributed by atoms with E-state index in [-0.39, 0.29) is 0 Å². The highest BCUT2D eigenvalue weighted by molar-refractivity contribution is 5.46. The van der Waals surface area contributed by atoms with Gasteiger partial charge in [-0.3, -0.25) is 0 Å². The zero-order valence-corrected chi connectivity index (χ0v) is 7.96. The van der Waals surface area contributed by atoms with E-state index in [1.54, 1.807) is 7.11 Å². The van der Waals surface area contributed by atoms with E-state index >= 15 is 0 Å². The summed E-state index contributed by atoms with van der Waals surface area (Å²) in [5, 5.41) is 0. The number of rotatable bonds is 2. The highest BCUT2D eigenvalue weighted by Gasteiger charge is 2.03. The molecule has 1 heterocycles. The second-order valence-electron chi connectivity index (χ2n) is 2.89. The molecule has 0 unspecified atom stereocenters. The molecule has 0 saturated heterocycles. The molecule has 1 aromatic rings. The molecule has 0 spiro atoms. The van der Waals surface area contributed by atoms with E-state index in [0.717, 1.165) is 11.4 Å². The molecule has 0 fully saturated rings. The molecule has 1 aromatic heterocycles. The zero-order valence-electron chi connectivity index (χ0n) is 7.96. The second kappa shape index (κ2) is 3.43. The molecule has 0 aromatic carbocycles. The topological polar surface area (TPSA) is 25.4 Å². The van der Waals surface area contributed by atoms with Crippen LogP contribution in [0.25, 0.3) is 0 Å². The van der Waals surface area contributed by atoms with Gasteiger partial charge in [-0.05, 0) is 12.5 Å². The number of hydrogen-bond acceptors (Lipinski definition) is 3. The number of nitrogens with zero attached hydrogens (tertiary/aromatic N) is 2. The SMILES string of the molecule is COc1ccc(C)c(N(C)C)n1. The molecule has 1 rings (SSSR count). The fourth-order valence-electron chi connectivity index (χ4n) is 1.07. The van der Waals surface area contributed by atoms with Gasteiger partial charge in [-0.15, -0.1) is 0 Å². The Labute approximate surface area is 73.0 Å². The highest BCUT2D eigenvalue weighted by atomic mass is 16.5. The zero-order chi connectivity index (χ0) is 9.14. The lowest BCUT2D eigenvalue weighted by Crippen LogP contribution is -2.12. The molecule has 0 aliphatic carbocycles. The van der Waals surface area contributed by atoms with Crippen molar-refractivity contribution in [2.24, 2.45) is 0 Å². The molecule has 0 aliphatic rings. The van der Waals surface area contributed by atoms with Crippen LogP contribution in [0.4, 0.5) is 5.82 Å². The van der Waals surface area contributed by atoms with Crippen molar-refractivity contribution < 1.29 is 4.74 Å². The first-order valence-electron chi connectivity index (χ1n) is 3.84. The second-order valence-corrected chi connectivity index (χ2v) is 2.89. The summed E-state index contributed by atoms with van der Waals surface area (Å²) in [5.74, 6) is 1.61. The fourth-order valence-corrected chi connectivity index (χ4v) is 1.07. The lowest BCUT2D eigenvalue weighted by atomic mass is 10.3. The van der Waals surface area contributed by atoms with Crippen molar-refractivity contribution in [3.8, 4) is 5.88 Å². The van der Waals surface area contributed by atoms with E-state index in [0.29, 0.717) is 5.88 Å². The minimum atomic E-state index is 0.657. The minimum absolute atomic E-state index is 0.657. The largest absolute Gasteiger partial charge is 0.481 e. The minimum Gasteiger partial charge on any atom is -0.481 e. The van der Waals surface area contributed by atoms with Gasteiger partial charge >= 0.3 is 0 Å². The van der Waals surface area contributed by atoms with Crippen molar-refractivity contribution in [1.29, 1.82) is 0 Å². The third-order valence-electron chi connectivity index (χ3n) is 1.68. The van der Waals surface area contributed by atoms with Crippen molar-refractivity contribution in [2.75, 3.05) is 26.1 Å². The van der Waals surface area contributed by atoms with Crippen LogP contribution in [0.3, 0.4) is 0 Å². The van der Waals surface area contributed by atoms with Crippen molar-refractivity contribution >= 4 is 5.82 Å². The maximum Gasteiger partial charge on any atom is 0.214 e. The summed E-state index contributed by atoms with van der Waals surface area (Å²) in [6.07, 6.45) is 0. The number of aryl methyl sites for hydroxylation is 1. The van der Waals surface area contributed by atoms with Crippen LogP contribution in [0.5, 0.6) is 5.88 Å². The summed E-state index contributed by atoms with van der Waals surface area (Å²) < 4.78 is 5.02. The Hall–Kier alpha value is -1.25. The number of methoxy groups -OCH3 is 1. The lowest BCUT2D eigenvalue weighted by molar-refractivity contribution is 0.398. The summed E-state index contributed by atoms with van der Waals surface area (Å²) in [5.41, 5.74) is 1.15. The van der Waals surface area contributed by atoms with Crippen LogP contribution in [0.15, 0.2) is 12.1 Å². The van der Waals surface area contributed by atoms with Crippen LogP contribution in [0.1, 0.15) is 5.56 Å². The van der Waals surface area contributed by atoms with E-state index in [4.69, 9.17) is 4.74 Å². The molecule has 0 bridgehead atoms. The Balaban J connectivity index is 3.08. The van der Waals surface area contributed by atoms with Crippen molar-refractivity contribution in [2.45, 2.75) is 6.92 Å². The van der Waals surface area contributed by atoms with E-state index in [2.05, 4.69) is 4.98 Å². The first-order valence-corrected chi connectivity index (χ1v) is 3.84. The number of hydrogen-bond donors (Lipinski definition) is 0. The average molecular weight is 166 g/mol. The molecule has 0 radical (unpaired) electrons. The highest BCUT2D eigenvalue weighted by Crippen LogP contribution is 2.18. The van der Waals surface area contributed by atoms with Crippen molar-refractivity contribution in [3.63, 3.8) is 0 Å². The molecule has 3 nitrogen and oxygen atoms in total. The molecule has 0 saturated carbocycles. The van der Waals surface area contributed by atoms with Gasteiger partial charge < -0.3 is 9.64 Å². The van der Waals surface area contributed by atoms with Crippen LogP contribution >= 0.6 is 0 Å². The van der Waals surface area contributed by atoms with E-state index < -0.39 is 0 Å². The Morgan fingerprint density at radius 2 is 2.00 bits per heavy atom. The van der Waals surface area contributed by atoms with Crippen LogP contribution in [0.2, 0.25) is 0 Å². The molecular weight excluding hydrogens is 152 g/mol. The third kappa shape index (κ3) is 1.67. The van der Waals surface area contributed by atoms with Crippen molar-refractivity contribution in [1.82, 2.24) is 4.98 Å². The smallest absolute Gasteiger partial charge is 0.214 e. The number of anilines is 1. The van der Waals surface area contributed by atoms with Crippen LogP contribution in [-0.2, 0) is 0 Å². The summed E-state index contributed by atoms with van der Waals surface area (Å²) >= 11 is 0. The monoisotopic (exact) mass is 166 g/mol. The molecule has 0 amide bonds. The Morgan fingerprint density at radius 3 is 2.50 bits per heavy atom. The molecule has 0 aliphatic heterocycles. The van der Waals surface area contributed by atoms with Gasteiger partial charge in [0.05, 0.1) is 7.11 Å². The van der Waals surface area contributed by atoms with Crippen LogP contribution in [0, 0.1) is 6.92 Å². The summed E-state index contributed by atoms with van der Waals surface area (Å²) in [6.45, 7) is 2.03. The molecule has 0 N–H and O–H groups in total. The quantitative estimate of drug-likeness (QED) is 0.665. The predicted molar refractivity (Wildman–Crippen MR) is 49.9 cm³/mol. The van der Waals surface area contributed by atoms with Crippen LogP contribution < -0.4 is 9.64 Å². The van der Waals surface area contributed by atoms with Gasteiger partial charge in [-0.25, -0.2) is 0 Å². The molecule has 66 valence electrons. The first kappa shape index (κ1) is 8.84. The Kier molecular flexibility index (Phi) is 2.53. The van der Waals surface area contributed by atoms with E-state index in [1.165, 1.54) is 0 Å². The molecule has 12 heavy (non-hydrogen) atoms. The Bertz CT molecular complexity index is 271. The summed E-state index contributed by atoms with van der Waals surface area (Å²) in [6, 6.07) is 3.86. The standard InChI is InChI=1S/C9H14N2O/c1-7-5-6-8(12-4)10-9(7)11(2)3/h5-6H,1-4H3. The predicted octanol–water partition coefficient (Wildman–Crippen LogP) is 1.46. The maximum atomic E-state index is 5.02. The fraction of sp³-hybridized carbons (Fsp3) is 0.444. The molecule has 0 atom stereocenters. The maximum absolute atomic E-state index is 5.02. The van der Waals surface area contributed by atoms with E-state index in [9.17, 15) is 0 Å². The molecule has 3 heteroatoms. The number of pyridine rings is 1. The average Bonchev–Trinajstić information content (AvgIpc) is 2.05. The molecular formula is C9H14N2O. The van der Waals surface area contributed by atoms with Gasteiger partial charge in [-0.2, -0.15) is 4.98 Å². The van der Waals surface area contributed by atoms with Gasteiger partial charge in [0, 0.05) is 20.2 Å². The van der Waals surface area contributed by atoms with Gasteiger partial charge in [-0.1, -0.05) is 6.07 Å². The normalized spacial score (nSPS) is 9.67. The van der Waals surface area contributed by atoms with Gasteiger partial charge in [0.1, 0.15) is 5.82 Å². The summed E-state index contributed by atoms with van der Waals surface area (Å²) in [7, 11) is 5.56. The number of ether oxygens (including phenoxy) is 1. The lowest BCUT2D eigenvalue weighted by Gasteiger charge is -2.14. The van der Waals surface area contributed by atoms with Gasteiger partial charge in [0.2, 0.25) is 5.88 Å². The van der Waals surface area contributed by atoms with Gasteiger partial charge in [0.25, 0.3) is 0 Å². The number of aromatic nitrogens is 1. The van der Waals surface area contributed by atoms with Crippen LogP contribution in [-0.4, -0.2) is 26.2 Å². The van der Waals surface area contributed by atoms with E-state index in [1.807, 2.05) is 38.1 Å². The summed E-state index contributed by atoms with van der Waals surface area (Å²) in [4.78, 5) is 6.26. The Morgan fingerprint density at radius 1 is 1.33 bits per heavy atom.